The molecule has 2 heterocycles. The van der Waals surface area contributed by atoms with Crippen molar-refractivity contribution in [1.29, 1.82) is 0 Å². The first kappa shape index (κ1) is 17.9. The number of carbonyl (C=O) groups is 2. The normalized spacial score (nSPS) is 31.0. The van der Waals surface area contributed by atoms with Crippen molar-refractivity contribution in [1.82, 2.24) is 4.90 Å². The number of hydrogen-bond donors (Lipinski definition) is 1. The number of carboxylic acid groups (broad SMARTS) is 1. The first-order chi connectivity index (χ1) is 9.91. The van der Waals surface area contributed by atoms with Gasteiger partial charge in [0.2, 0.25) is 5.91 Å². The standard InChI is InChI=1S/C14H23NO4S2Si/c1-13(2,3)14(4,19-22(5)6)7-9(16)15-8(11(17)18)12(20)21-10(7)15/h7-8,10,22H,1-6H3,(H,17,18)/t7-,8?,10-,14?/m0/s1. The number of carboxylic acids is 1. The predicted octanol–water partition coefficient (Wildman–Crippen LogP) is 2.10. The molecule has 0 aromatic heterocycles. The molecule has 22 heavy (non-hydrogen) atoms. The smallest absolute Gasteiger partial charge is 0.332 e. The van der Waals surface area contributed by atoms with Crippen LogP contribution in [-0.2, 0) is 14.0 Å². The molecule has 0 aromatic carbocycles. The van der Waals surface area contributed by atoms with E-state index in [4.69, 9.17) is 16.6 Å². The van der Waals surface area contributed by atoms with Crippen LogP contribution in [0.15, 0.2) is 0 Å². The number of carbonyl (C=O) groups excluding carboxylic acids is 1. The highest BCUT2D eigenvalue weighted by Crippen LogP contribution is 2.54. The number of β-lactam (4-membered cyclic amide) rings is 1. The second-order valence-electron chi connectivity index (χ2n) is 7.32. The summed E-state index contributed by atoms with van der Waals surface area (Å²) in [5.74, 6) is -1.56. The van der Waals surface area contributed by atoms with Gasteiger partial charge in [0, 0.05) is 0 Å². The van der Waals surface area contributed by atoms with Gasteiger partial charge in [0.15, 0.2) is 15.1 Å². The van der Waals surface area contributed by atoms with E-state index in [9.17, 15) is 14.7 Å². The molecule has 1 amide bonds. The quantitative estimate of drug-likeness (QED) is 0.470. The van der Waals surface area contributed by atoms with Crippen LogP contribution in [0.5, 0.6) is 0 Å². The largest absolute Gasteiger partial charge is 0.479 e. The van der Waals surface area contributed by atoms with E-state index >= 15 is 0 Å². The number of amides is 1. The van der Waals surface area contributed by atoms with Gasteiger partial charge in [-0.1, -0.05) is 44.8 Å². The summed E-state index contributed by atoms with van der Waals surface area (Å²) in [7, 11) is -1.38. The van der Waals surface area contributed by atoms with Gasteiger partial charge in [0.05, 0.1) is 21.1 Å². The Balaban J connectivity index is 2.36. The highest BCUT2D eigenvalue weighted by atomic mass is 32.2. The number of nitrogens with zero attached hydrogens (tertiary/aromatic N) is 1. The highest BCUT2D eigenvalue weighted by Gasteiger charge is 2.67. The number of thiocarbonyl (C=S) groups is 1. The van der Waals surface area contributed by atoms with Crippen molar-refractivity contribution in [2.24, 2.45) is 11.3 Å². The molecular weight excluding hydrogens is 338 g/mol. The van der Waals surface area contributed by atoms with E-state index < -0.39 is 26.7 Å². The summed E-state index contributed by atoms with van der Waals surface area (Å²) in [5.41, 5.74) is -0.859. The summed E-state index contributed by atoms with van der Waals surface area (Å²) in [4.78, 5) is 25.5. The van der Waals surface area contributed by atoms with E-state index in [0.717, 1.165) is 0 Å². The summed E-state index contributed by atoms with van der Waals surface area (Å²) in [6, 6.07) is -0.978. The molecular formula is C14H23NO4S2Si. The average molecular weight is 362 g/mol. The Bertz CT molecular complexity index is 533. The highest BCUT2D eigenvalue weighted by molar-refractivity contribution is 8.24. The van der Waals surface area contributed by atoms with Crippen molar-refractivity contribution in [3.05, 3.63) is 0 Å². The number of hydrogen-bond acceptors (Lipinski definition) is 5. The van der Waals surface area contributed by atoms with Crippen molar-refractivity contribution >= 4 is 49.1 Å². The molecule has 2 aliphatic heterocycles. The van der Waals surface area contributed by atoms with Crippen molar-refractivity contribution in [2.45, 2.75) is 57.8 Å². The Morgan fingerprint density at radius 3 is 2.32 bits per heavy atom. The van der Waals surface area contributed by atoms with Crippen LogP contribution in [0.4, 0.5) is 0 Å². The second-order valence-corrected chi connectivity index (χ2v) is 11.5. The van der Waals surface area contributed by atoms with E-state index in [-0.39, 0.29) is 22.6 Å². The first-order valence-corrected chi connectivity index (χ1v) is 11.4. The lowest BCUT2D eigenvalue weighted by Crippen LogP contribution is -2.71. The first-order valence-electron chi connectivity index (χ1n) is 7.35. The maximum atomic E-state index is 12.7. The van der Waals surface area contributed by atoms with Crippen LogP contribution in [0.3, 0.4) is 0 Å². The lowest BCUT2D eigenvalue weighted by atomic mass is 9.66. The third kappa shape index (κ3) is 2.53. The fraction of sp³-hybridized carbons (Fsp3) is 0.786. The molecule has 2 unspecified atom stereocenters. The molecule has 4 atom stereocenters. The van der Waals surface area contributed by atoms with Gasteiger partial charge in [-0.15, -0.1) is 0 Å². The average Bonchev–Trinajstić information content (AvgIpc) is 2.60. The molecule has 0 bridgehead atoms. The van der Waals surface area contributed by atoms with Crippen molar-refractivity contribution in [3.8, 4) is 0 Å². The number of fused-ring (bicyclic) bond motifs is 1. The van der Waals surface area contributed by atoms with Gasteiger partial charge in [-0.05, 0) is 25.4 Å². The summed E-state index contributed by atoms with van der Waals surface area (Å²) >= 11 is 6.50. The minimum Gasteiger partial charge on any atom is -0.479 e. The molecule has 5 nitrogen and oxygen atoms in total. The second kappa shape index (κ2) is 5.57. The molecule has 2 aliphatic rings. The number of rotatable bonds is 4. The van der Waals surface area contributed by atoms with E-state index in [2.05, 4.69) is 33.9 Å². The van der Waals surface area contributed by atoms with Gasteiger partial charge in [0.1, 0.15) is 0 Å². The minimum absolute atomic E-state index is 0.156. The summed E-state index contributed by atoms with van der Waals surface area (Å²) < 4.78 is 6.67. The van der Waals surface area contributed by atoms with Crippen LogP contribution >= 0.6 is 24.0 Å². The van der Waals surface area contributed by atoms with Gasteiger partial charge in [-0.25, -0.2) is 4.79 Å². The lowest BCUT2D eigenvalue weighted by Gasteiger charge is -2.56. The van der Waals surface area contributed by atoms with Crippen molar-refractivity contribution in [2.75, 3.05) is 0 Å². The fourth-order valence-corrected chi connectivity index (χ4v) is 6.54. The monoisotopic (exact) mass is 361 g/mol. The Morgan fingerprint density at radius 1 is 1.36 bits per heavy atom. The van der Waals surface area contributed by atoms with Crippen molar-refractivity contribution < 1.29 is 19.1 Å². The molecule has 0 aliphatic carbocycles. The van der Waals surface area contributed by atoms with Crippen LogP contribution in [-0.4, -0.2) is 52.1 Å². The molecule has 2 rings (SSSR count). The molecule has 8 heteroatoms. The third-order valence-electron chi connectivity index (χ3n) is 4.62. The molecule has 124 valence electrons. The van der Waals surface area contributed by atoms with Gasteiger partial charge < -0.3 is 14.4 Å². The van der Waals surface area contributed by atoms with Gasteiger partial charge in [-0.3, -0.25) is 4.79 Å². The fourth-order valence-electron chi connectivity index (χ4n) is 3.12. The van der Waals surface area contributed by atoms with Crippen LogP contribution in [0.2, 0.25) is 13.1 Å². The Labute approximate surface area is 142 Å². The maximum absolute atomic E-state index is 12.7. The summed E-state index contributed by atoms with van der Waals surface area (Å²) in [6.45, 7) is 12.3. The van der Waals surface area contributed by atoms with E-state index in [1.807, 2.05) is 6.92 Å². The van der Waals surface area contributed by atoms with Crippen LogP contribution in [0.1, 0.15) is 27.7 Å². The topological polar surface area (TPSA) is 66.8 Å². The van der Waals surface area contributed by atoms with E-state index in [0.29, 0.717) is 4.20 Å². The molecule has 0 saturated carbocycles. The number of aliphatic carboxylic acids is 1. The Morgan fingerprint density at radius 2 is 1.91 bits per heavy atom. The zero-order valence-electron chi connectivity index (χ0n) is 13.7. The molecule has 0 aromatic rings. The summed E-state index contributed by atoms with van der Waals surface area (Å²) in [5, 5.41) is 9.07. The van der Waals surface area contributed by atoms with Crippen LogP contribution in [0.25, 0.3) is 0 Å². The Hall–Kier alpha value is -0.443. The maximum Gasteiger partial charge on any atom is 0.332 e. The summed E-state index contributed by atoms with van der Waals surface area (Å²) in [6.07, 6.45) is 0. The van der Waals surface area contributed by atoms with E-state index in [1.54, 1.807) is 0 Å². The molecule has 0 spiro atoms. The molecule has 2 saturated heterocycles. The van der Waals surface area contributed by atoms with Crippen LogP contribution in [0, 0.1) is 11.3 Å². The molecule has 2 fully saturated rings. The molecule has 1 N–H and O–H groups in total. The Kier molecular flexibility index (Phi) is 4.54. The van der Waals surface area contributed by atoms with Gasteiger partial charge in [0.25, 0.3) is 0 Å². The van der Waals surface area contributed by atoms with Gasteiger partial charge >= 0.3 is 5.97 Å². The third-order valence-corrected chi connectivity index (χ3v) is 7.28. The molecule has 0 radical (unpaired) electrons. The van der Waals surface area contributed by atoms with Crippen molar-refractivity contribution in [3.63, 3.8) is 0 Å². The number of thioether (sulfide) groups is 1. The van der Waals surface area contributed by atoms with E-state index in [1.165, 1.54) is 16.7 Å². The van der Waals surface area contributed by atoms with Crippen LogP contribution < -0.4 is 0 Å². The minimum atomic E-state index is -1.38. The lowest BCUT2D eigenvalue weighted by molar-refractivity contribution is -0.180. The zero-order valence-corrected chi connectivity index (χ0v) is 16.5. The zero-order chi connectivity index (χ0) is 17.0. The SMILES string of the molecule is C[SiH](C)OC(C)([C@H]1C(=O)N2C(C(=O)O)C(=S)S[C@@H]12)C(C)(C)C. The predicted molar refractivity (Wildman–Crippen MR) is 93.6 cm³/mol. The van der Waals surface area contributed by atoms with Gasteiger partial charge in [-0.2, -0.15) is 0 Å².